The maximum absolute atomic E-state index is 6.04. The molecule has 0 N–H and O–H groups in total. The van der Waals surface area contributed by atoms with E-state index in [1.807, 2.05) is 0 Å². The average molecular weight is 332 g/mol. The minimum atomic E-state index is 0.0339. The van der Waals surface area contributed by atoms with Gasteiger partial charge in [0, 0.05) is 36.7 Å². The zero-order chi connectivity index (χ0) is 17.2. The minimum Gasteiger partial charge on any atom is -0.357 e. The van der Waals surface area contributed by atoms with E-state index in [9.17, 15) is 0 Å². The molecule has 0 amide bonds. The number of hydrogen-bond donors (Lipinski definition) is 0. The lowest BCUT2D eigenvalue weighted by Gasteiger charge is -2.22. The fourth-order valence-electron chi connectivity index (χ4n) is 3.46. The molecule has 0 unspecified atom stereocenters. The zero-order valence-corrected chi connectivity index (χ0v) is 14.9. The van der Waals surface area contributed by atoms with Gasteiger partial charge in [0.25, 0.3) is 0 Å². The molecule has 3 heteroatoms. The predicted octanol–water partition coefficient (Wildman–Crippen LogP) is 4.63. The molecular formula is C22H24N2O. The summed E-state index contributed by atoms with van der Waals surface area (Å²) in [5, 5.41) is 0. The molecule has 1 atom stereocenters. The Balaban J connectivity index is 1.55. The van der Waals surface area contributed by atoms with Gasteiger partial charge in [-0.25, -0.2) is 0 Å². The van der Waals surface area contributed by atoms with Crippen LogP contribution in [0.4, 0.5) is 0 Å². The molecule has 1 fully saturated rings. The highest BCUT2D eigenvalue weighted by Gasteiger charge is 2.27. The molecule has 128 valence electrons. The van der Waals surface area contributed by atoms with Gasteiger partial charge in [0.05, 0.1) is 6.61 Å². The third-order valence-electron chi connectivity index (χ3n) is 4.89. The van der Waals surface area contributed by atoms with Crippen LogP contribution in [-0.4, -0.2) is 22.6 Å². The second kappa shape index (κ2) is 6.87. The molecule has 0 spiro atoms. The highest BCUT2D eigenvalue weighted by molar-refractivity contribution is 5.41. The molecule has 3 aromatic rings. The molecule has 2 aromatic carbocycles. The second-order valence-electron chi connectivity index (χ2n) is 6.82. The Bertz CT molecular complexity index is 850. The Morgan fingerprint density at radius 3 is 2.60 bits per heavy atom. The van der Waals surface area contributed by atoms with Crippen molar-refractivity contribution in [3.8, 4) is 5.69 Å². The van der Waals surface area contributed by atoms with Crippen LogP contribution in [0.25, 0.3) is 5.69 Å². The van der Waals surface area contributed by atoms with E-state index in [1.54, 1.807) is 0 Å². The average Bonchev–Trinajstić information content (AvgIpc) is 3.26. The quantitative estimate of drug-likeness (QED) is 0.693. The summed E-state index contributed by atoms with van der Waals surface area (Å²) in [6.45, 7) is 6.94. The highest BCUT2D eigenvalue weighted by Crippen LogP contribution is 2.29. The van der Waals surface area contributed by atoms with Gasteiger partial charge in [-0.05, 0) is 37.1 Å². The largest absolute Gasteiger partial charge is 0.357 e. The summed E-state index contributed by atoms with van der Waals surface area (Å²) in [4.78, 5) is 2.40. The molecular weight excluding hydrogens is 308 g/mol. The first-order valence-electron chi connectivity index (χ1n) is 8.86. The summed E-state index contributed by atoms with van der Waals surface area (Å²) < 4.78 is 8.23. The van der Waals surface area contributed by atoms with Crippen molar-refractivity contribution in [2.75, 3.05) is 13.2 Å². The van der Waals surface area contributed by atoms with Crippen molar-refractivity contribution < 1.29 is 4.74 Å². The summed E-state index contributed by atoms with van der Waals surface area (Å²) in [7, 11) is 0. The van der Waals surface area contributed by atoms with E-state index in [4.69, 9.17) is 4.74 Å². The molecule has 1 saturated heterocycles. The standard InChI is InChI=1S/C22H24N2O/c1-17-7-9-19(10-8-17)15-24-13-14-25-22(24)20-11-12-23(16-20)21-6-4-3-5-18(21)2/h3-12,16,22H,13-15H2,1-2H3/t22-/m0/s1. The van der Waals surface area contributed by atoms with Crippen LogP contribution in [0.1, 0.15) is 28.5 Å². The van der Waals surface area contributed by atoms with Gasteiger partial charge in [-0.15, -0.1) is 0 Å². The van der Waals surface area contributed by atoms with E-state index in [1.165, 1.54) is 27.9 Å². The van der Waals surface area contributed by atoms with Crippen LogP contribution >= 0.6 is 0 Å². The van der Waals surface area contributed by atoms with Gasteiger partial charge in [0.1, 0.15) is 6.23 Å². The van der Waals surface area contributed by atoms with Crippen molar-refractivity contribution in [2.24, 2.45) is 0 Å². The third-order valence-corrected chi connectivity index (χ3v) is 4.89. The lowest BCUT2D eigenvalue weighted by Crippen LogP contribution is -2.23. The number of rotatable bonds is 4. The Morgan fingerprint density at radius 1 is 1.00 bits per heavy atom. The lowest BCUT2D eigenvalue weighted by atomic mass is 10.1. The van der Waals surface area contributed by atoms with Gasteiger partial charge in [-0.2, -0.15) is 0 Å². The molecule has 0 aliphatic carbocycles. The number of nitrogens with zero attached hydrogens (tertiary/aromatic N) is 2. The Kier molecular flexibility index (Phi) is 4.43. The monoisotopic (exact) mass is 332 g/mol. The molecule has 0 bridgehead atoms. The Morgan fingerprint density at radius 2 is 1.80 bits per heavy atom. The van der Waals surface area contributed by atoms with Crippen LogP contribution in [0.15, 0.2) is 67.0 Å². The van der Waals surface area contributed by atoms with Crippen molar-refractivity contribution in [3.05, 3.63) is 89.2 Å². The fraction of sp³-hybridized carbons (Fsp3) is 0.273. The lowest BCUT2D eigenvalue weighted by molar-refractivity contribution is 0.0288. The molecule has 1 aliphatic rings. The van der Waals surface area contributed by atoms with Crippen molar-refractivity contribution in [2.45, 2.75) is 26.6 Å². The fourth-order valence-corrected chi connectivity index (χ4v) is 3.46. The summed E-state index contributed by atoms with van der Waals surface area (Å²) in [5.74, 6) is 0. The molecule has 1 aromatic heterocycles. The van der Waals surface area contributed by atoms with Crippen LogP contribution < -0.4 is 0 Å². The van der Waals surface area contributed by atoms with E-state index in [-0.39, 0.29) is 6.23 Å². The van der Waals surface area contributed by atoms with Gasteiger partial charge in [-0.3, -0.25) is 4.90 Å². The first-order valence-corrected chi connectivity index (χ1v) is 8.86. The van der Waals surface area contributed by atoms with Crippen LogP contribution in [0.2, 0.25) is 0 Å². The van der Waals surface area contributed by atoms with Gasteiger partial charge in [0.15, 0.2) is 0 Å². The minimum absolute atomic E-state index is 0.0339. The number of ether oxygens (including phenoxy) is 1. The summed E-state index contributed by atoms with van der Waals surface area (Å²) >= 11 is 0. The molecule has 25 heavy (non-hydrogen) atoms. The number of aryl methyl sites for hydroxylation is 2. The summed E-state index contributed by atoms with van der Waals surface area (Å²) in [5.41, 5.74) is 6.34. The van der Waals surface area contributed by atoms with Gasteiger partial charge < -0.3 is 9.30 Å². The van der Waals surface area contributed by atoms with Crippen molar-refractivity contribution in [1.29, 1.82) is 0 Å². The van der Waals surface area contributed by atoms with E-state index in [0.717, 1.165) is 19.7 Å². The Labute approximate surface area is 149 Å². The molecule has 3 nitrogen and oxygen atoms in total. The summed E-state index contributed by atoms with van der Waals surface area (Å²) in [6.07, 6.45) is 4.36. The van der Waals surface area contributed by atoms with E-state index >= 15 is 0 Å². The van der Waals surface area contributed by atoms with E-state index in [0.29, 0.717) is 0 Å². The summed E-state index contributed by atoms with van der Waals surface area (Å²) in [6, 6.07) is 19.4. The van der Waals surface area contributed by atoms with Gasteiger partial charge in [-0.1, -0.05) is 48.0 Å². The SMILES string of the molecule is Cc1ccc(CN2CCO[C@H]2c2ccn(-c3ccccc3C)c2)cc1. The first-order chi connectivity index (χ1) is 12.2. The molecule has 1 aliphatic heterocycles. The van der Waals surface area contributed by atoms with E-state index in [2.05, 4.69) is 90.3 Å². The zero-order valence-electron chi connectivity index (χ0n) is 14.9. The highest BCUT2D eigenvalue weighted by atomic mass is 16.5. The Hall–Kier alpha value is -2.36. The molecule has 4 rings (SSSR count). The number of aromatic nitrogens is 1. The van der Waals surface area contributed by atoms with Crippen LogP contribution in [-0.2, 0) is 11.3 Å². The van der Waals surface area contributed by atoms with Gasteiger partial charge in [0.2, 0.25) is 0 Å². The van der Waals surface area contributed by atoms with E-state index < -0.39 is 0 Å². The molecule has 2 heterocycles. The smallest absolute Gasteiger partial charge is 0.138 e. The van der Waals surface area contributed by atoms with Crippen LogP contribution in [0.3, 0.4) is 0 Å². The first kappa shape index (κ1) is 16.1. The van der Waals surface area contributed by atoms with Crippen LogP contribution in [0, 0.1) is 13.8 Å². The maximum atomic E-state index is 6.04. The van der Waals surface area contributed by atoms with Crippen LogP contribution in [0.5, 0.6) is 0 Å². The second-order valence-corrected chi connectivity index (χ2v) is 6.82. The topological polar surface area (TPSA) is 17.4 Å². The van der Waals surface area contributed by atoms with Gasteiger partial charge >= 0.3 is 0 Å². The molecule has 0 saturated carbocycles. The third kappa shape index (κ3) is 3.39. The normalized spacial score (nSPS) is 17.9. The van der Waals surface area contributed by atoms with Crippen molar-refractivity contribution in [3.63, 3.8) is 0 Å². The number of hydrogen-bond acceptors (Lipinski definition) is 2. The van der Waals surface area contributed by atoms with Crippen molar-refractivity contribution >= 4 is 0 Å². The number of para-hydroxylation sites is 1. The predicted molar refractivity (Wildman–Crippen MR) is 101 cm³/mol. The number of benzene rings is 2. The molecule has 0 radical (unpaired) electrons. The maximum Gasteiger partial charge on any atom is 0.138 e. The van der Waals surface area contributed by atoms with Crippen molar-refractivity contribution in [1.82, 2.24) is 9.47 Å².